The lowest BCUT2D eigenvalue weighted by molar-refractivity contribution is 0.0736. The van der Waals surface area contributed by atoms with Gasteiger partial charge in [-0.15, -0.1) is 0 Å². The van der Waals surface area contributed by atoms with Crippen LogP contribution in [0, 0.1) is 11.8 Å². The monoisotopic (exact) mass is 289 g/mol. The van der Waals surface area contributed by atoms with Crippen LogP contribution < -0.4 is 4.74 Å². The van der Waals surface area contributed by atoms with Crippen molar-refractivity contribution in [1.82, 2.24) is 4.90 Å². The molecular weight excluding hydrogens is 266 g/mol. The van der Waals surface area contributed by atoms with E-state index < -0.39 is 0 Å². The summed E-state index contributed by atoms with van der Waals surface area (Å²) in [6.45, 7) is 3.91. The fraction of sp³-hybridized carbons (Fsp3) is 0.471. The van der Waals surface area contributed by atoms with E-state index in [0.717, 1.165) is 12.8 Å². The smallest absolute Gasteiger partial charge is 0.253 e. The highest BCUT2D eigenvalue weighted by molar-refractivity contribution is 5.94. The number of aliphatic hydroxyl groups is 1. The van der Waals surface area contributed by atoms with E-state index in [-0.39, 0.29) is 18.6 Å². The number of nitrogens with zero attached hydrogens (tertiary/aromatic N) is 1. The maximum absolute atomic E-state index is 12.5. The van der Waals surface area contributed by atoms with Crippen molar-refractivity contribution in [3.8, 4) is 17.6 Å². The predicted molar refractivity (Wildman–Crippen MR) is 83.4 cm³/mol. The lowest BCUT2D eigenvalue weighted by Crippen LogP contribution is -2.35. The van der Waals surface area contributed by atoms with Gasteiger partial charge in [-0.25, -0.2) is 0 Å². The molecule has 0 fully saturated rings. The maximum atomic E-state index is 12.5. The first-order valence-electron chi connectivity index (χ1n) is 7.10. The summed E-state index contributed by atoms with van der Waals surface area (Å²) in [6, 6.07) is 5.36. The topological polar surface area (TPSA) is 49.8 Å². The summed E-state index contributed by atoms with van der Waals surface area (Å²) < 4.78 is 5.21. The minimum Gasteiger partial charge on any atom is -0.495 e. The number of rotatable bonds is 5. The van der Waals surface area contributed by atoms with Crippen LogP contribution >= 0.6 is 0 Å². The number of methoxy groups -OCH3 is 1. The molecule has 0 aliphatic carbocycles. The van der Waals surface area contributed by atoms with Crippen LogP contribution in [0.4, 0.5) is 0 Å². The highest BCUT2D eigenvalue weighted by Crippen LogP contribution is 2.20. The first-order chi connectivity index (χ1) is 10.0. The average Bonchev–Trinajstić information content (AvgIpc) is 2.51. The maximum Gasteiger partial charge on any atom is 0.253 e. The van der Waals surface area contributed by atoms with Crippen molar-refractivity contribution in [3.05, 3.63) is 29.3 Å². The quantitative estimate of drug-likeness (QED) is 0.846. The van der Waals surface area contributed by atoms with Crippen molar-refractivity contribution in [2.24, 2.45) is 0 Å². The molecule has 1 atom stereocenters. The summed E-state index contributed by atoms with van der Waals surface area (Å²) in [7, 11) is 3.36. The second kappa shape index (κ2) is 8.33. The van der Waals surface area contributed by atoms with Gasteiger partial charge in [-0.05, 0) is 31.5 Å². The Morgan fingerprint density at radius 3 is 2.76 bits per heavy atom. The van der Waals surface area contributed by atoms with Crippen molar-refractivity contribution in [2.45, 2.75) is 32.7 Å². The number of aliphatic hydroxyl groups excluding tert-OH is 1. The molecule has 114 valence electrons. The molecule has 1 rings (SSSR count). The highest BCUT2D eigenvalue weighted by atomic mass is 16.5. The molecule has 1 amide bonds. The number of benzene rings is 1. The number of carbonyl (C=O) groups excluding carboxylic acids is 1. The normalized spacial score (nSPS) is 11.3. The Bertz CT molecular complexity index is 543. The van der Waals surface area contributed by atoms with Crippen molar-refractivity contribution >= 4 is 5.91 Å². The molecule has 4 nitrogen and oxygen atoms in total. The van der Waals surface area contributed by atoms with Gasteiger partial charge in [0, 0.05) is 18.7 Å². The van der Waals surface area contributed by atoms with Gasteiger partial charge < -0.3 is 14.7 Å². The van der Waals surface area contributed by atoms with Gasteiger partial charge >= 0.3 is 0 Å². The molecule has 0 aliphatic rings. The second-order valence-electron chi connectivity index (χ2n) is 4.93. The molecule has 0 saturated heterocycles. The molecule has 1 unspecified atom stereocenters. The Hall–Kier alpha value is -1.99. The average molecular weight is 289 g/mol. The molecule has 0 radical (unpaired) electrons. The minimum atomic E-state index is -0.227. The summed E-state index contributed by atoms with van der Waals surface area (Å²) in [6.07, 6.45) is 2.00. The van der Waals surface area contributed by atoms with Crippen molar-refractivity contribution in [3.63, 3.8) is 0 Å². The molecule has 0 spiro atoms. The van der Waals surface area contributed by atoms with E-state index >= 15 is 0 Å². The summed E-state index contributed by atoms with van der Waals surface area (Å²) in [4.78, 5) is 14.2. The largest absolute Gasteiger partial charge is 0.495 e. The van der Waals surface area contributed by atoms with Gasteiger partial charge in [-0.2, -0.15) is 0 Å². The van der Waals surface area contributed by atoms with Gasteiger partial charge in [0.2, 0.25) is 0 Å². The van der Waals surface area contributed by atoms with Crippen molar-refractivity contribution < 1.29 is 14.6 Å². The first kappa shape index (κ1) is 17.1. The fourth-order valence-corrected chi connectivity index (χ4v) is 2.09. The van der Waals surface area contributed by atoms with Crippen molar-refractivity contribution in [2.75, 3.05) is 20.8 Å². The Balaban J connectivity index is 3.05. The van der Waals surface area contributed by atoms with E-state index in [1.54, 1.807) is 30.2 Å². The molecule has 21 heavy (non-hydrogen) atoms. The third-order valence-corrected chi connectivity index (χ3v) is 3.44. The van der Waals surface area contributed by atoms with Gasteiger partial charge in [0.1, 0.15) is 12.4 Å². The van der Waals surface area contributed by atoms with E-state index in [1.807, 2.05) is 14.0 Å². The number of hydrogen-bond acceptors (Lipinski definition) is 3. The number of amides is 1. The Morgan fingerprint density at radius 2 is 2.19 bits per heavy atom. The zero-order chi connectivity index (χ0) is 15.8. The van der Waals surface area contributed by atoms with Crippen LogP contribution in [0.1, 0.15) is 42.6 Å². The van der Waals surface area contributed by atoms with Crippen LogP contribution in [-0.2, 0) is 0 Å². The standard InChI is InChI=1S/C17H23NO3/c1-5-7-13(2)18(3)17(20)15-9-10-16(21-4)14(12-15)8-6-11-19/h9-10,12-13,19H,5,7,11H2,1-4H3. The number of carbonyl (C=O) groups is 1. The minimum absolute atomic E-state index is 0.0364. The second-order valence-corrected chi connectivity index (χ2v) is 4.93. The summed E-state index contributed by atoms with van der Waals surface area (Å²) in [5, 5.41) is 8.80. The van der Waals surface area contributed by atoms with Gasteiger partial charge in [-0.3, -0.25) is 4.79 Å². The summed E-state index contributed by atoms with van der Waals surface area (Å²) >= 11 is 0. The first-order valence-corrected chi connectivity index (χ1v) is 7.10. The third kappa shape index (κ3) is 4.51. The van der Waals surface area contributed by atoms with E-state index in [9.17, 15) is 4.79 Å². The van der Waals surface area contributed by atoms with Gasteiger partial charge in [0.15, 0.2) is 0 Å². The SMILES string of the molecule is CCCC(C)N(C)C(=O)c1ccc(OC)c(C#CCO)c1. The molecular formula is C17H23NO3. The molecule has 0 bridgehead atoms. The molecule has 0 aromatic heterocycles. The van der Waals surface area contributed by atoms with Gasteiger partial charge in [0.25, 0.3) is 5.91 Å². The van der Waals surface area contributed by atoms with Crippen LogP contribution in [-0.4, -0.2) is 42.7 Å². The Labute approximate surface area is 126 Å². The molecule has 0 heterocycles. The lowest BCUT2D eigenvalue weighted by atomic mass is 10.1. The molecule has 4 heteroatoms. The van der Waals surface area contributed by atoms with E-state index in [0.29, 0.717) is 16.9 Å². The molecule has 0 saturated carbocycles. The Kier molecular flexibility index (Phi) is 6.77. The molecule has 1 aromatic rings. The summed E-state index contributed by atoms with van der Waals surface area (Å²) in [5.74, 6) is 5.94. The lowest BCUT2D eigenvalue weighted by Gasteiger charge is -2.25. The Morgan fingerprint density at radius 1 is 1.48 bits per heavy atom. The van der Waals surface area contributed by atoms with Crippen LogP contribution in [0.3, 0.4) is 0 Å². The fourth-order valence-electron chi connectivity index (χ4n) is 2.09. The van der Waals surface area contributed by atoms with Crippen LogP contribution in [0.25, 0.3) is 0 Å². The zero-order valence-electron chi connectivity index (χ0n) is 13.1. The zero-order valence-corrected chi connectivity index (χ0v) is 13.1. The van der Waals surface area contributed by atoms with Crippen LogP contribution in [0.2, 0.25) is 0 Å². The summed E-state index contributed by atoms with van der Waals surface area (Å²) in [5.41, 5.74) is 1.18. The van der Waals surface area contributed by atoms with E-state index in [4.69, 9.17) is 9.84 Å². The third-order valence-electron chi connectivity index (χ3n) is 3.44. The van der Waals surface area contributed by atoms with Gasteiger partial charge in [-0.1, -0.05) is 25.2 Å². The highest BCUT2D eigenvalue weighted by Gasteiger charge is 2.17. The van der Waals surface area contributed by atoms with E-state index in [2.05, 4.69) is 18.8 Å². The molecule has 1 aromatic carbocycles. The van der Waals surface area contributed by atoms with E-state index in [1.165, 1.54) is 0 Å². The van der Waals surface area contributed by atoms with Crippen molar-refractivity contribution in [1.29, 1.82) is 0 Å². The predicted octanol–water partition coefficient (Wildman–Crippen LogP) is 2.30. The molecule has 1 N–H and O–H groups in total. The van der Waals surface area contributed by atoms with Crippen LogP contribution in [0.15, 0.2) is 18.2 Å². The number of ether oxygens (including phenoxy) is 1. The number of hydrogen-bond donors (Lipinski definition) is 1. The molecule has 0 aliphatic heterocycles. The van der Waals surface area contributed by atoms with Gasteiger partial charge in [0.05, 0.1) is 12.7 Å². The van der Waals surface area contributed by atoms with Crippen LogP contribution in [0.5, 0.6) is 5.75 Å².